The number of hydrogen-bond acceptors (Lipinski definition) is 5. The maximum absolute atomic E-state index is 12.3. The molecule has 1 aromatic heterocycles. The van der Waals surface area contributed by atoms with Gasteiger partial charge in [0.25, 0.3) is 5.22 Å². The van der Waals surface area contributed by atoms with Crippen molar-refractivity contribution in [3.8, 4) is 11.5 Å². The van der Waals surface area contributed by atoms with Crippen LogP contribution in [0.5, 0.6) is 0 Å². The first-order chi connectivity index (χ1) is 12.0. The Hall–Kier alpha value is -2.34. The van der Waals surface area contributed by atoms with Crippen molar-refractivity contribution < 1.29 is 9.21 Å². The highest BCUT2D eigenvalue weighted by molar-refractivity contribution is 8.00. The van der Waals surface area contributed by atoms with Crippen LogP contribution in [-0.4, -0.2) is 40.3 Å². The van der Waals surface area contributed by atoms with Crippen molar-refractivity contribution in [2.45, 2.75) is 24.3 Å². The van der Waals surface area contributed by atoms with Crippen LogP contribution < -0.4 is 0 Å². The molecule has 0 N–H and O–H groups in total. The summed E-state index contributed by atoms with van der Waals surface area (Å²) in [5, 5.41) is 10.7. The van der Waals surface area contributed by atoms with Crippen molar-refractivity contribution in [2.75, 3.05) is 14.1 Å². The molecule has 0 aliphatic carbocycles. The van der Waals surface area contributed by atoms with Crippen LogP contribution in [0, 0.1) is 5.92 Å². The standard InChI is InChI=1S/C19H21N3O2S/c1-12(2)16(18(23)22(3)4)25-19-21-20-17(24-19)15-10-9-13-7-5-6-8-14(13)11-15/h5-12,16H,1-4H3. The van der Waals surface area contributed by atoms with E-state index in [-0.39, 0.29) is 17.1 Å². The van der Waals surface area contributed by atoms with E-state index in [4.69, 9.17) is 4.42 Å². The normalized spacial score (nSPS) is 12.5. The van der Waals surface area contributed by atoms with Crippen molar-refractivity contribution >= 4 is 28.4 Å². The number of thioether (sulfide) groups is 1. The third-order valence-electron chi connectivity index (χ3n) is 3.92. The van der Waals surface area contributed by atoms with Crippen molar-refractivity contribution in [1.82, 2.24) is 15.1 Å². The van der Waals surface area contributed by atoms with Gasteiger partial charge < -0.3 is 9.32 Å². The highest BCUT2D eigenvalue weighted by atomic mass is 32.2. The lowest BCUT2D eigenvalue weighted by Crippen LogP contribution is -2.34. The van der Waals surface area contributed by atoms with Crippen LogP contribution in [0.1, 0.15) is 13.8 Å². The van der Waals surface area contributed by atoms with E-state index >= 15 is 0 Å². The van der Waals surface area contributed by atoms with Gasteiger partial charge in [-0.15, -0.1) is 10.2 Å². The summed E-state index contributed by atoms with van der Waals surface area (Å²) in [6.07, 6.45) is 0. The zero-order valence-electron chi connectivity index (χ0n) is 14.8. The molecule has 0 aliphatic rings. The van der Waals surface area contributed by atoms with Gasteiger partial charge in [0.2, 0.25) is 11.8 Å². The van der Waals surface area contributed by atoms with Gasteiger partial charge in [-0.1, -0.05) is 55.9 Å². The lowest BCUT2D eigenvalue weighted by molar-refractivity contribution is -0.128. The summed E-state index contributed by atoms with van der Waals surface area (Å²) in [5.74, 6) is 0.675. The minimum atomic E-state index is -0.250. The van der Waals surface area contributed by atoms with Crippen molar-refractivity contribution in [2.24, 2.45) is 5.92 Å². The van der Waals surface area contributed by atoms with Gasteiger partial charge in [0.15, 0.2) is 0 Å². The Morgan fingerprint density at radius 3 is 2.48 bits per heavy atom. The monoisotopic (exact) mass is 355 g/mol. The Balaban J connectivity index is 1.84. The first kappa shape index (κ1) is 17.5. The van der Waals surface area contributed by atoms with Gasteiger partial charge in [-0.2, -0.15) is 0 Å². The predicted octanol–water partition coefficient (Wildman–Crippen LogP) is 4.09. The first-order valence-electron chi connectivity index (χ1n) is 8.16. The SMILES string of the molecule is CC(C)C(Sc1nnc(-c2ccc3ccccc3c2)o1)C(=O)N(C)C. The van der Waals surface area contributed by atoms with Gasteiger partial charge in [0, 0.05) is 19.7 Å². The fourth-order valence-corrected chi connectivity index (χ4v) is 3.55. The average Bonchev–Trinajstić information content (AvgIpc) is 3.07. The molecule has 6 heteroatoms. The number of aromatic nitrogens is 2. The molecule has 2 aromatic carbocycles. The van der Waals surface area contributed by atoms with Gasteiger partial charge >= 0.3 is 0 Å². The molecular formula is C19H21N3O2S. The lowest BCUT2D eigenvalue weighted by atomic mass is 10.1. The summed E-state index contributed by atoms with van der Waals surface area (Å²) in [6.45, 7) is 4.03. The minimum absolute atomic E-state index is 0.0467. The Bertz CT molecular complexity index is 889. The molecule has 5 nitrogen and oxygen atoms in total. The van der Waals surface area contributed by atoms with E-state index in [1.54, 1.807) is 19.0 Å². The highest BCUT2D eigenvalue weighted by Crippen LogP contribution is 2.31. The first-order valence-corrected chi connectivity index (χ1v) is 9.04. The average molecular weight is 355 g/mol. The number of fused-ring (bicyclic) bond motifs is 1. The van der Waals surface area contributed by atoms with E-state index < -0.39 is 0 Å². The van der Waals surface area contributed by atoms with Crippen LogP contribution in [-0.2, 0) is 4.79 Å². The topological polar surface area (TPSA) is 59.2 Å². The Labute approximate surface area is 151 Å². The van der Waals surface area contributed by atoms with E-state index in [0.717, 1.165) is 16.3 Å². The van der Waals surface area contributed by atoms with Crippen LogP contribution >= 0.6 is 11.8 Å². The highest BCUT2D eigenvalue weighted by Gasteiger charge is 2.27. The summed E-state index contributed by atoms with van der Waals surface area (Å²) in [7, 11) is 3.51. The molecule has 0 saturated carbocycles. The zero-order valence-corrected chi connectivity index (χ0v) is 15.6. The predicted molar refractivity (Wildman–Crippen MR) is 100 cm³/mol. The third-order valence-corrected chi connectivity index (χ3v) is 5.29. The molecule has 1 heterocycles. The molecule has 1 atom stereocenters. The van der Waals surface area contributed by atoms with Gasteiger partial charge in [-0.25, -0.2) is 0 Å². The second kappa shape index (κ2) is 7.27. The van der Waals surface area contributed by atoms with Crippen LogP contribution in [0.3, 0.4) is 0 Å². The summed E-state index contributed by atoms with van der Waals surface area (Å²) >= 11 is 1.32. The Morgan fingerprint density at radius 2 is 1.80 bits per heavy atom. The molecule has 1 amide bonds. The fraction of sp³-hybridized carbons (Fsp3) is 0.316. The van der Waals surface area contributed by atoms with Crippen molar-refractivity contribution in [1.29, 1.82) is 0 Å². The molecule has 3 aromatic rings. The minimum Gasteiger partial charge on any atom is -0.411 e. The smallest absolute Gasteiger partial charge is 0.277 e. The summed E-state index contributed by atoms with van der Waals surface area (Å²) < 4.78 is 5.80. The number of benzene rings is 2. The third kappa shape index (κ3) is 3.85. The molecule has 25 heavy (non-hydrogen) atoms. The number of nitrogens with zero attached hydrogens (tertiary/aromatic N) is 3. The molecule has 0 saturated heterocycles. The molecule has 3 rings (SSSR count). The largest absolute Gasteiger partial charge is 0.411 e. The Morgan fingerprint density at radius 1 is 1.08 bits per heavy atom. The van der Waals surface area contributed by atoms with Gasteiger partial charge in [-0.3, -0.25) is 4.79 Å². The quantitative estimate of drug-likeness (QED) is 0.645. The lowest BCUT2D eigenvalue weighted by Gasteiger charge is -2.21. The molecule has 0 fully saturated rings. The Kier molecular flexibility index (Phi) is 5.08. The van der Waals surface area contributed by atoms with Crippen LogP contribution in [0.25, 0.3) is 22.2 Å². The summed E-state index contributed by atoms with van der Waals surface area (Å²) in [4.78, 5) is 13.9. The van der Waals surface area contributed by atoms with Crippen molar-refractivity contribution in [3.05, 3.63) is 42.5 Å². The molecule has 0 bridgehead atoms. The molecule has 0 spiro atoms. The number of hydrogen-bond donors (Lipinski definition) is 0. The number of carbonyl (C=O) groups is 1. The molecular weight excluding hydrogens is 334 g/mol. The number of amides is 1. The molecule has 0 aliphatic heterocycles. The van der Waals surface area contributed by atoms with Crippen LogP contribution in [0.15, 0.2) is 52.1 Å². The van der Waals surface area contributed by atoms with E-state index in [1.165, 1.54) is 11.8 Å². The van der Waals surface area contributed by atoms with E-state index in [9.17, 15) is 4.79 Å². The van der Waals surface area contributed by atoms with Gasteiger partial charge in [-0.05, 0) is 28.8 Å². The van der Waals surface area contributed by atoms with Crippen LogP contribution in [0.4, 0.5) is 0 Å². The maximum atomic E-state index is 12.3. The van der Waals surface area contributed by atoms with Gasteiger partial charge in [0.1, 0.15) is 0 Å². The van der Waals surface area contributed by atoms with E-state index in [1.807, 2.05) is 44.2 Å². The maximum Gasteiger partial charge on any atom is 0.277 e. The zero-order chi connectivity index (χ0) is 18.0. The van der Waals surface area contributed by atoms with Crippen molar-refractivity contribution in [3.63, 3.8) is 0 Å². The second-order valence-electron chi connectivity index (χ2n) is 6.45. The second-order valence-corrected chi connectivity index (χ2v) is 7.54. The molecule has 1 unspecified atom stereocenters. The molecule has 0 radical (unpaired) electrons. The fourth-order valence-electron chi connectivity index (χ4n) is 2.53. The summed E-state index contributed by atoms with van der Waals surface area (Å²) in [5.41, 5.74) is 0.873. The summed E-state index contributed by atoms with van der Waals surface area (Å²) in [6, 6.07) is 14.2. The van der Waals surface area contributed by atoms with E-state index in [2.05, 4.69) is 22.3 Å². The number of rotatable bonds is 5. The molecule has 130 valence electrons. The van der Waals surface area contributed by atoms with Gasteiger partial charge in [0.05, 0.1) is 5.25 Å². The van der Waals surface area contributed by atoms with E-state index in [0.29, 0.717) is 11.1 Å². The van der Waals surface area contributed by atoms with Crippen LogP contribution in [0.2, 0.25) is 0 Å². The number of carbonyl (C=O) groups excluding carboxylic acids is 1.